The number of benzene rings is 2. The molecular weight excluding hydrogens is 546 g/mol. The van der Waals surface area contributed by atoms with E-state index in [1.165, 1.54) is 22.5 Å². The number of hydrogen-bond donors (Lipinski definition) is 0. The third kappa shape index (κ3) is 5.27. The maximum atomic E-state index is 14.2. The van der Waals surface area contributed by atoms with Gasteiger partial charge < -0.3 is 14.0 Å². The fraction of sp³-hybridized carbons (Fsp3) is 0.324. The van der Waals surface area contributed by atoms with Gasteiger partial charge in [-0.3, -0.25) is 9.36 Å². The number of ether oxygens (including phenoxy) is 2. The van der Waals surface area contributed by atoms with Crippen LogP contribution in [0, 0.1) is 27.7 Å². The van der Waals surface area contributed by atoms with E-state index in [2.05, 4.69) is 56.5 Å². The number of hydrogen-bond acceptors (Lipinski definition) is 6. The quantitative estimate of drug-likeness (QED) is 0.265. The lowest BCUT2D eigenvalue weighted by atomic mass is 9.95. The van der Waals surface area contributed by atoms with Crippen LogP contribution in [0.5, 0.6) is 5.75 Å². The largest absolute Gasteiger partial charge is 0.491 e. The molecular formula is C34H37N3O4S. The maximum absolute atomic E-state index is 14.2. The van der Waals surface area contributed by atoms with Crippen LogP contribution >= 0.6 is 11.3 Å². The van der Waals surface area contributed by atoms with E-state index in [4.69, 9.17) is 14.5 Å². The number of fused-ring (bicyclic) bond motifs is 1. The minimum Gasteiger partial charge on any atom is -0.491 e. The highest BCUT2D eigenvalue weighted by Gasteiger charge is 2.35. The van der Waals surface area contributed by atoms with Crippen LogP contribution < -0.4 is 19.6 Å². The van der Waals surface area contributed by atoms with Gasteiger partial charge in [-0.25, -0.2) is 9.79 Å². The van der Waals surface area contributed by atoms with Gasteiger partial charge in [-0.2, -0.15) is 0 Å². The molecule has 4 aromatic rings. The van der Waals surface area contributed by atoms with Gasteiger partial charge in [0.15, 0.2) is 4.80 Å². The first kappa shape index (κ1) is 29.3. The van der Waals surface area contributed by atoms with Gasteiger partial charge in [0.2, 0.25) is 0 Å². The molecule has 0 saturated carbocycles. The monoisotopic (exact) mass is 583 g/mol. The molecule has 0 bridgehead atoms. The number of esters is 1. The first-order valence-corrected chi connectivity index (χ1v) is 15.0. The van der Waals surface area contributed by atoms with Crippen LogP contribution in [0.3, 0.4) is 0 Å². The van der Waals surface area contributed by atoms with Crippen LogP contribution in [0.1, 0.15) is 67.4 Å². The Morgan fingerprint density at radius 1 is 1.05 bits per heavy atom. The van der Waals surface area contributed by atoms with Gasteiger partial charge in [0.05, 0.1) is 28.5 Å². The highest BCUT2D eigenvalue weighted by Crippen LogP contribution is 2.36. The summed E-state index contributed by atoms with van der Waals surface area (Å²) in [6.07, 6.45) is 1.84. The number of carbonyl (C=O) groups is 1. The summed E-state index contributed by atoms with van der Waals surface area (Å²) in [5, 5.41) is 0. The summed E-state index contributed by atoms with van der Waals surface area (Å²) in [6, 6.07) is 15.3. The number of allylic oxidation sites excluding steroid dienone is 1. The molecule has 0 fully saturated rings. The Morgan fingerprint density at radius 2 is 1.79 bits per heavy atom. The number of thiazole rings is 1. The SMILES string of the molecule is CCOC(=O)C1=C(C)N=c2s/c(=C/c3cc(C)n(-c4ccc(C)c(C)c4)c3C)c(=O)n2[C@H]1c1ccccc1OC(C)C. The standard InChI is InChI=1S/C34H37N3O4S/c1-9-40-33(39)30-23(7)35-34-37(31(30)27-12-10-11-13-28(27)41-19(2)3)32(38)29(42-34)18-25-17-22(6)36(24(25)8)26-15-14-20(4)21(5)16-26/h10-19,31H,9H2,1-8H3/b29-18+/t31-/m0/s1. The zero-order valence-electron chi connectivity index (χ0n) is 25.4. The molecule has 2 aromatic heterocycles. The molecule has 5 rings (SSSR count). The normalized spacial score (nSPS) is 15.2. The fourth-order valence-corrected chi connectivity index (χ4v) is 6.53. The van der Waals surface area contributed by atoms with Crippen molar-refractivity contribution in [1.82, 2.24) is 9.13 Å². The van der Waals surface area contributed by atoms with Crippen molar-refractivity contribution in [3.8, 4) is 11.4 Å². The molecule has 0 spiro atoms. The molecule has 0 saturated heterocycles. The smallest absolute Gasteiger partial charge is 0.338 e. The van der Waals surface area contributed by atoms with Crippen molar-refractivity contribution in [1.29, 1.82) is 0 Å². The molecule has 0 N–H and O–H groups in total. The molecule has 0 amide bonds. The number of aryl methyl sites for hydroxylation is 3. The lowest BCUT2D eigenvalue weighted by Crippen LogP contribution is -2.40. The van der Waals surface area contributed by atoms with E-state index in [0.717, 1.165) is 22.6 Å². The van der Waals surface area contributed by atoms with Crippen molar-refractivity contribution in [3.63, 3.8) is 0 Å². The fourth-order valence-electron chi connectivity index (χ4n) is 5.49. The van der Waals surface area contributed by atoms with Gasteiger partial charge >= 0.3 is 5.97 Å². The number of nitrogens with zero attached hydrogens (tertiary/aromatic N) is 3. The van der Waals surface area contributed by atoms with Gasteiger partial charge in [-0.15, -0.1) is 0 Å². The van der Waals surface area contributed by atoms with E-state index in [-0.39, 0.29) is 18.3 Å². The molecule has 0 unspecified atom stereocenters. The molecule has 3 heterocycles. The average molecular weight is 584 g/mol. The van der Waals surface area contributed by atoms with Crippen LogP contribution in [0.15, 0.2) is 69.6 Å². The third-order valence-electron chi connectivity index (χ3n) is 7.60. The topological polar surface area (TPSA) is 74.8 Å². The number of rotatable bonds is 7. The van der Waals surface area contributed by atoms with Crippen LogP contribution in [0.25, 0.3) is 11.8 Å². The first-order valence-electron chi connectivity index (χ1n) is 14.2. The second-order valence-electron chi connectivity index (χ2n) is 10.9. The van der Waals surface area contributed by atoms with Crippen LogP contribution in [-0.4, -0.2) is 27.8 Å². The molecule has 1 aliphatic rings. The van der Waals surface area contributed by atoms with Crippen LogP contribution in [-0.2, 0) is 9.53 Å². The zero-order chi connectivity index (χ0) is 30.3. The van der Waals surface area contributed by atoms with Gasteiger partial charge in [0.1, 0.15) is 11.8 Å². The molecule has 1 aliphatic heterocycles. The number of carbonyl (C=O) groups excluding carboxylic acids is 1. The summed E-state index contributed by atoms with van der Waals surface area (Å²) in [5.74, 6) is 0.120. The van der Waals surface area contributed by atoms with Crippen LogP contribution in [0.4, 0.5) is 0 Å². The molecule has 0 radical (unpaired) electrons. The molecule has 1 atom stereocenters. The van der Waals surface area contributed by atoms with Crippen molar-refractivity contribution in [2.45, 2.75) is 67.5 Å². The number of aromatic nitrogens is 2. The van der Waals surface area contributed by atoms with E-state index < -0.39 is 12.0 Å². The number of para-hydroxylation sites is 1. The second-order valence-corrected chi connectivity index (χ2v) is 11.9. The summed E-state index contributed by atoms with van der Waals surface area (Å²) < 4.78 is 16.0. The minimum atomic E-state index is -0.736. The Bertz CT molecular complexity index is 1910. The Hall–Kier alpha value is -4.17. The Balaban J connectivity index is 1.71. The summed E-state index contributed by atoms with van der Waals surface area (Å²) >= 11 is 1.32. The van der Waals surface area contributed by atoms with E-state index in [1.807, 2.05) is 44.2 Å². The van der Waals surface area contributed by atoms with Crippen molar-refractivity contribution >= 4 is 23.4 Å². The highest BCUT2D eigenvalue weighted by molar-refractivity contribution is 7.07. The van der Waals surface area contributed by atoms with Gasteiger partial charge in [0.25, 0.3) is 5.56 Å². The third-order valence-corrected chi connectivity index (χ3v) is 8.58. The predicted octanol–water partition coefficient (Wildman–Crippen LogP) is 5.61. The predicted molar refractivity (Wildman–Crippen MR) is 167 cm³/mol. The molecule has 0 aliphatic carbocycles. The highest BCUT2D eigenvalue weighted by atomic mass is 32.1. The Morgan fingerprint density at radius 3 is 2.48 bits per heavy atom. The zero-order valence-corrected chi connectivity index (χ0v) is 26.3. The van der Waals surface area contributed by atoms with Crippen molar-refractivity contribution in [3.05, 3.63) is 113 Å². The Labute approximate surface area is 250 Å². The summed E-state index contributed by atoms with van der Waals surface area (Å²) in [7, 11) is 0. The Kier molecular flexibility index (Phi) is 8.10. The molecule has 7 nitrogen and oxygen atoms in total. The summed E-state index contributed by atoms with van der Waals surface area (Å²) in [4.78, 5) is 32.7. The second kappa shape index (κ2) is 11.6. The summed E-state index contributed by atoms with van der Waals surface area (Å²) in [5.41, 5.74) is 7.99. The van der Waals surface area contributed by atoms with Gasteiger partial charge in [-0.05, 0) is 102 Å². The molecule has 2 aromatic carbocycles. The van der Waals surface area contributed by atoms with Crippen molar-refractivity contribution in [2.75, 3.05) is 6.61 Å². The molecule has 218 valence electrons. The van der Waals surface area contributed by atoms with E-state index >= 15 is 0 Å². The average Bonchev–Trinajstić information content (AvgIpc) is 3.39. The maximum Gasteiger partial charge on any atom is 0.338 e. The first-order chi connectivity index (χ1) is 20.0. The van der Waals surface area contributed by atoms with E-state index in [1.54, 1.807) is 18.4 Å². The lowest BCUT2D eigenvalue weighted by Gasteiger charge is -2.26. The summed E-state index contributed by atoms with van der Waals surface area (Å²) in [6.45, 7) is 16.0. The van der Waals surface area contributed by atoms with Gasteiger partial charge in [-0.1, -0.05) is 35.6 Å². The van der Waals surface area contributed by atoms with E-state index in [0.29, 0.717) is 31.9 Å². The minimum absolute atomic E-state index is 0.0920. The van der Waals surface area contributed by atoms with Gasteiger partial charge in [0, 0.05) is 22.6 Å². The van der Waals surface area contributed by atoms with Crippen LogP contribution in [0.2, 0.25) is 0 Å². The van der Waals surface area contributed by atoms with E-state index in [9.17, 15) is 9.59 Å². The van der Waals surface area contributed by atoms with Crippen molar-refractivity contribution < 1.29 is 14.3 Å². The lowest BCUT2D eigenvalue weighted by molar-refractivity contribution is -0.139. The molecule has 8 heteroatoms. The molecule has 42 heavy (non-hydrogen) atoms. The van der Waals surface area contributed by atoms with Crippen molar-refractivity contribution in [2.24, 2.45) is 4.99 Å².